The van der Waals surface area contributed by atoms with E-state index in [1.54, 1.807) is 12.3 Å². The fourth-order valence-corrected chi connectivity index (χ4v) is 1.51. The fourth-order valence-electron chi connectivity index (χ4n) is 1.30. The zero-order valence-electron chi connectivity index (χ0n) is 9.37. The van der Waals surface area contributed by atoms with Crippen LogP contribution in [0, 0.1) is 17.2 Å². The highest BCUT2D eigenvalue weighted by atomic mass is 35.5. The molecule has 0 aliphatic carbocycles. The maximum atomic E-state index is 8.83. The molecule has 0 radical (unpaired) electrons. The van der Waals surface area contributed by atoms with E-state index in [9.17, 15) is 0 Å². The van der Waals surface area contributed by atoms with Gasteiger partial charge in [0.15, 0.2) is 0 Å². The Bertz CT molecular complexity index is 397. The summed E-state index contributed by atoms with van der Waals surface area (Å²) in [5.74, 6) is 0.887. The first-order valence-electron chi connectivity index (χ1n) is 5.11. The van der Waals surface area contributed by atoms with Gasteiger partial charge in [0.2, 0.25) is 0 Å². The lowest BCUT2D eigenvalue weighted by atomic mass is 10.0. The van der Waals surface area contributed by atoms with E-state index in [0.717, 1.165) is 0 Å². The number of halogens is 1. The number of hydrogen-bond acceptors (Lipinski definition) is 4. The summed E-state index contributed by atoms with van der Waals surface area (Å²) < 4.78 is 0. The van der Waals surface area contributed by atoms with E-state index < -0.39 is 0 Å². The summed E-state index contributed by atoms with van der Waals surface area (Å²) in [7, 11) is 0. The Morgan fingerprint density at radius 1 is 1.62 bits per heavy atom. The number of rotatable bonds is 4. The fraction of sp³-hybridized carbons (Fsp3) is 0.455. The molecular formula is C11H15ClN4. The predicted molar refractivity (Wildman–Crippen MR) is 65.3 cm³/mol. The van der Waals surface area contributed by atoms with E-state index in [0.29, 0.717) is 28.9 Å². The standard InChI is InChI=1S/C11H15ClN4/c1-7(2)9(6-14)16-11-10(12)8(5-13)3-4-15-11/h3-4,7,9H,6,14H2,1-2H3,(H,15,16). The smallest absolute Gasteiger partial charge is 0.146 e. The van der Waals surface area contributed by atoms with Gasteiger partial charge < -0.3 is 11.1 Å². The first-order chi connectivity index (χ1) is 7.60. The Kier molecular flexibility index (Phi) is 4.53. The van der Waals surface area contributed by atoms with Crippen LogP contribution in [0.15, 0.2) is 12.3 Å². The van der Waals surface area contributed by atoms with Crippen LogP contribution in [0.3, 0.4) is 0 Å². The number of nitrogens with two attached hydrogens (primary N) is 1. The van der Waals surface area contributed by atoms with Crippen LogP contribution < -0.4 is 11.1 Å². The van der Waals surface area contributed by atoms with Gasteiger partial charge in [-0.05, 0) is 12.0 Å². The van der Waals surface area contributed by atoms with Crippen molar-refractivity contribution in [2.75, 3.05) is 11.9 Å². The van der Waals surface area contributed by atoms with Crippen molar-refractivity contribution in [1.29, 1.82) is 5.26 Å². The molecule has 1 rings (SSSR count). The molecular weight excluding hydrogens is 224 g/mol. The van der Waals surface area contributed by atoms with Gasteiger partial charge in [-0.25, -0.2) is 4.98 Å². The molecule has 0 saturated carbocycles. The summed E-state index contributed by atoms with van der Waals surface area (Å²) in [5.41, 5.74) is 6.06. The molecule has 4 nitrogen and oxygen atoms in total. The van der Waals surface area contributed by atoms with E-state index in [2.05, 4.69) is 24.1 Å². The first kappa shape index (κ1) is 12.8. The van der Waals surface area contributed by atoms with Crippen molar-refractivity contribution in [2.24, 2.45) is 11.7 Å². The molecule has 1 heterocycles. The van der Waals surface area contributed by atoms with Crippen molar-refractivity contribution in [3.05, 3.63) is 22.8 Å². The molecule has 0 aliphatic heterocycles. The highest BCUT2D eigenvalue weighted by Crippen LogP contribution is 2.24. The Hall–Kier alpha value is -1.31. The van der Waals surface area contributed by atoms with Gasteiger partial charge in [-0.3, -0.25) is 0 Å². The average Bonchev–Trinajstić information content (AvgIpc) is 2.27. The molecule has 1 aromatic rings. The van der Waals surface area contributed by atoms with Crippen molar-refractivity contribution >= 4 is 17.4 Å². The van der Waals surface area contributed by atoms with Gasteiger partial charge in [0.05, 0.1) is 5.56 Å². The normalized spacial score (nSPS) is 12.2. The van der Waals surface area contributed by atoms with Crippen LogP contribution in [0.5, 0.6) is 0 Å². The highest BCUT2D eigenvalue weighted by Gasteiger charge is 2.14. The van der Waals surface area contributed by atoms with Gasteiger partial charge in [0.1, 0.15) is 16.9 Å². The number of aromatic nitrogens is 1. The van der Waals surface area contributed by atoms with Gasteiger partial charge >= 0.3 is 0 Å². The summed E-state index contributed by atoms with van der Waals surface area (Å²) in [5, 5.41) is 12.3. The molecule has 1 aromatic heterocycles. The molecule has 5 heteroatoms. The van der Waals surface area contributed by atoms with Crippen molar-refractivity contribution < 1.29 is 0 Å². The summed E-state index contributed by atoms with van der Waals surface area (Å²) in [6.45, 7) is 4.62. The number of anilines is 1. The summed E-state index contributed by atoms with van der Waals surface area (Å²) >= 11 is 6.03. The number of hydrogen-bond donors (Lipinski definition) is 2. The van der Waals surface area contributed by atoms with Gasteiger partial charge in [-0.2, -0.15) is 5.26 Å². The highest BCUT2D eigenvalue weighted by molar-refractivity contribution is 6.34. The second kappa shape index (κ2) is 5.69. The van der Waals surface area contributed by atoms with Crippen LogP contribution in [-0.4, -0.2) is 17.6 Å². The number of nitrogens with one attached hydrogen (secondary N) is 1. The molecule has 1 unspecified atom stereocenters. The van der Waals surface area contributed by atoms with Crippen LogP contribution in [0.1, 0.15) is 19.4 Å². The van der Waals surface area contributed by atoms with Crippen molar-refractivity contribution in [2.45, 2.75) is 19.9 Å². The van der Waals surface area contributed by atoms with Crippen LogP contribution in [-0.2, 0) is 0 Å². The molecule has 0 fully saturated rings. The minimum absolute atomic E-state index is 0.0962. The maximum Gasteiger partial charge on any atom is 0.146 e. The Morgan fingerprint density at radius 2 is 2.31 bits per heavy atom. The molecule has 0 bridgehead atoms. The van der Waals surface area contributed by atoms with Crippen LogP contribution >= 0.6 is 11.6 Å². The lowest BCUT2D eigenvalue weighted by molar-refractivity contribution is 0.530. The quantitative estimate of drug-likeness (QED) is 0.842. The lowest BCUT2D eigenvalue weighted by Gasteiger charge is -2.21. The van der Waals surface area contributed by atoms with Crippen molar-refractivity contribution in [3.63, 3.8) is 0 Å². The SMILES string of the molecule is CC(C)C(CN)Nc1nccc(C#N)c1Cl. The summed E-state index contributed by atoms with van der Waals surface area (Å²) in [6.07, 6.45) is 1.56. The molecule has 0 aliphatic rings. The minimum Gasteiger partial charge on any atom is -0.365 e. The molecule has 0 aromatic carbocycles. The maximum absolute atomic E-state index is 8.83. The third kappa shape index (κ3) is 2.84. The summed E-state index contributed by atoms with van der Waals surface area (Å²) in [6, 6.07) is 3.69. The number of pyridine rings is 1. The van der Waals surface area contributed by atoms with Gasteiger partial charge in [-0.15, -0.1) is 0 Å². The lowest BCUT2D eigenvalue weighted by Crippen LogP contribution is -2.34. The topological polar surface area (TPSA) is 74.7 Å². The van der Waals surface area contributed by atoms with Gasteiger partial charge in [-0.1, -0.05) is 25.4 Å². The average molecular weight is 239 g/mol. The van der Waals surface area contributed by atoms with E-state index in [1.165, 1.54) is 0 Å². The number of nitriles is 1. The number of nitrogens with zero attached hydrogens (tertiary/aromatic N) is 2. The molecule has 0 saturated heterocycles. The van der Waals surface area contributed by atoms with Crippen LogP contribution in [0.2, 0.25) is 5.02 Å². The molecule has 0 amide bonds. The Labute approximate surface area is 100 Å². The second-order valence-electron chi connectivity index (χ2n) is 3.86. The molecule has 3 N–H and O–H groups in total. The monoisotopic (exact) mass is 238 g/mol. The molecule has 1 atom stereocenters. The third-order valence-electron chi connectivity index (χ3n) is 2.39. The zero-order chi connectivity index (χ0) is 12.1. The Morgan fingerprint density at radius 3 is 2.81 bits per heavy atom. The first-order valence-corrected chi connectivity index (χ1v) is 5.49. The van der Waals surface area contributed by atoms with Gasteiger partial charge in [0, 0.05) is 18.8 Å². The molecule has 0 spiro atoms. The predicted octanol–water partition coefficient (Wildman–Crippen LogP) is 2.00. The van der Waals surface area contributed by atoms with Crippen molar-refractivity contribution in [1.82, 2.24) is 4.98 Å². The van der Waals surface area contributed by atoms with Crippen LogP contribution in [0.25, 0.3) is 0 Å². The van der Waals surface area contributed by atoms with Gasteiger partial charge in [0.25, 0.3) is 0 Å². The minimum atomic E-state index is 0.0962. The molecule has 16 heavy (non-hydrogen) atoms. The van der Waals surface area contributed by atoms with E-state index in [4.69, 9.17) is 22.6 Å². The van der Waals surface area contributed by atoms with Crippen molar-refractivity contribution in [3.8, 4) is 6.07 Å². The largest absolute Gasteiger partial charge is 0.365 e. The Balaban J connectivity index is 2.93. The zero-order valence-corrected chi connectivity index (χ0v) is 10.1. The summed E-state index contributed by atoms with van der Waals surface area (Å²) in [4.78, 5) is 4.11. The second-order valence-corrected chi connectivity index (χ2v) is 4.24. The van der Waals surface area contributed by atoms with Crippen LogP contribution in [0.4, 0.5) is 5.82 Å². The van der Waals surface area contributed by atoms with E-state index >= 15 is 0 Å². The third-order valence-corrected chi connectivity index (χ3v) is 2.77. The van der Waals surface area contributed by atoms with E-state index in [-0.39, 0.29) is 6.04 Å². The van der Waals surface area contributed by atoms with E-state index in [1.807, 2.05) is 6.07 Å². The molecule has 86 valence electrons.